The number of fused-ring (bicyclic) bond motifs is 1. The number of para-hydroxylation sites is 1. The van der Waals surface area contributed by atoms with Gasteiger partial charge in [-0.25, -0.2) is 5.43 Å². The number of hydrogen-bond donors (Lipinski definition) is 2. The van der Waals surface area contributed by atoms with Crippen molar-refractivity contribution in [1.29, 1.82) is 0 Å². The first-order valence-electron chi connectivity index (χ1n) is 6.12. The molecule has 2 atom stereocenters. The van der Waals surface area contributed by atoms with Crippen LogP contribution >= 0.6 is 11.8 Å². The van der Waals surface area contributed by atoms with Gasteiger partial charge in [-0.05, 0) is 18.2 Å². The Morgan fingerprint density at radius 3 is 3.05 bits per heavy atom. The van der Waals surface area contributed by atoms with Crippen LogP contribution in [-0.4, -0.2) is 21.6 Å². The van der Waals surface area contributed by atoms with Crippen molar-refractivity contribution in [3.63, 3.8) is 0 Å². The molecule has 0 fully saturated rings. The number of hydrazine groups is 1. The maximum atomic E-state index is 6.06. The van der Waals surface area contributed by atoms with E-state index in [4.69, 9.17) is 10.6 Å². The van der Waals surface area contributed by atoms with E-state index in [1.54, 1.807) is 18.0 Å². The van der Waals surface area contributed by atoms with E-state index in [1.165, 1.54) is 4.90 Å². The van der Waals surface area contributed by atoms with Gasteiger partial charge >= 0.3 is 0 Å². The van der Waals surface area contributed by atoms with Crippen molar-refractivity contribution in [3.05, 3.63) is 42.2 Å². The maximum Gasteiger partial charge on any atom is 0.133 e. The van der Waals surface area contributed by atoms with E-state index in [1.807, 2.05) is 36.0 Å². The molecular formula is C13H16N4OS. The van der Waals surface area contributed by atoms with Gasteiger partial charge in [-0.15, -0.1) is 11.8 Å². The second-order valence-electron chi connectivity index (χ2n) is 4.44. The molecule has 2 heterocycles. The van der Waals surface area contributed by atoms with E-state index in [0.29, 0.717) is 0 Å². The highest BCUT2D eigenvalue weighted by Crippen LogP contribution is 2.37. The summed E-state index contributed by atoms with van der Waals surface area (Å²) in [6, 6.07) is 9.95. The Morgan fingerprint density at radius 2 is 2.32 bits per heavy atom. The lowest BCUT2D eigenvalue weighted by Crippen LogP contribution is -2.42. The van der Waals surface area contributed by atoms with E-state index < -0.39 is 0 Å². The first-order valence-corrected chi connectivity index (χ1v) is 7.10. The van der Waals surface area contributed by atoms with Gasteiger partial charge < -0.3 is 4.74 Å². The molecule has 0 radical (unpaired) electrons. The number of ether oxygens (including phenoxy) is 1. The summed E-state index contributed by atoms with van der Waals surface area (Å²) in [6.07, 6.45) is 1.75. The molecule has 0 aliphatic carbocycles. The fourth-order valence-electron chi connectivity index (χ4n) is 2.27. The molecule has 1 aromatic heterocycles. The lowest BCUT2D eigenvalue weighted by atomic mass is 10.1. The molecule has 0 saturated heterocycles. The highest BCUT2D eigenvalue weighted by molar-refractivity contribution is 7.99. The number of nitrogens with zero attached hydrogens (tertiary/aromatic N) is 2. The summed E-state index contributed by atoms with van der Waals surface area (Å²) in [5.41, 5.74) is 3.87. The molecule has 1 aromatic carbocycles. The number of hydrogen-bond acceptors (Lipinski definition) is 5. The molecule has 6 heteroatoms. The molecule has 0 saturated carbocycles. The van der Waals surface area contributed by atoms with Crippen LogP contribution in [0.3, 0.4) is 0 Å². The lowest BCUT2D eigenvalue weighted by molar-refractivity contribution is 0.162. The van der Waals surface area contributed by atoms with Gasteiger partial charge in [-0.3, -0.25) is 10.5 Å². The zero-order valence-electron chi connectivity index (χ0n) is 10.6. The first-order chi connectivity index (χ1) is 9.29. The summed E-state index contributed by atoms with van der Waals surface area (Å²) < 4.78 is 7.88. The fraction of sp³-hybridized carbons (Fsp3) is 0.308. The summed E-state index contributed by atoms with van der Waals surface area (Å²) in [5, 5.41) is 4.18. The van der Waals surface area contributed by atoms with Crippen molar-refractivity contribution in [2.45, 2.75) is 17.0 Å². The minimum Gasteiger partial charge on any atom is -0.486 e. The molecule has 1 aliphatic heterocycles. The monoisotopic (exact) mass is 276 g/mol. The second-order valence-corrected chi connectivity index (χ2v) is 5.50. The molecule has 0 amide bonds. The fourth-order valence-corrected chi connectivity index (χ4v) is 3.31. The second kappa shape index (κ2) is 5.24. The highest BCUT2D eigenvalue weighted by Gasteiger charge is 2.30. The molecule has 3 N–H and O–H groups in total. The number of nitrogens with one attached hydrogen (secondary N) is 1. The van der Waals surface area contributed by atoms with Crippen LogP contribution in [0.15, 0.2) is 41.4 Å². The third-order valence-electron chi connectivity index (χ3n) is 3.26. The van der Waals surface area contributed by atoms with Gasteiger partial charge in [-0.1, -0.05) is 12.1 Å². The molecule has 0 spiro atoms. The van der Waals surface area contributed by atoms with Crippen LogP contribution < -0.4 is 16.0 Å². The Hall–Kier alpha value is -1.50. The minimum atomic E-state index is -0.0756. The Morgan fingerprint density at radius 1 is 1.47 bits per heavy atom. The highest BCUT2D eigenvalue weighted by atomic mass is 32.2. The van der Waals surface area contributed by atoms with Crippen LogP contribution in [0.5, 0.6) is 5.75 Å². The zero-order chi connectivity index (χ0) is 13.2. The Kier molecular flexibility index (Phi) is 3.46. The summed E-state index contributed by atoms with van der Waals surface area (Å²) in [4.78, 5) is 1.18. The topological polar surface area (TPSA) is 65.1 Å². The molecule has 1 aliphatic rings. The Balaban J connectivity index is 1.85. The van der Waals surface area contributed by atoms with Gasteiger partial charge in [0.25, 0.3) is 0 Å². The standard InChI is InChI=1S/C13H16N4OS/c1-17-9(6-7-15-17)13(16-14)11-8-19-12-5-3-2-4-10(12)18-11/h2-7,11,13,16H,8,14H2,1H3. The van der Waals surface area contributed by atoms with E-state index >= 15 is 0 Å². The third-order valence-corrected chi connectivity index (χ3v) is 4.40. The van der Waals surface area contributed by atoms with Crippen molar-refractivity contribution in [3.8, 4) is 5.75 Å². The molecule has 2 unspecified atom stereocenters. The van der Waals surface area contributed by atoms with Crippen molar-refractivity contribution >= 4 is 11.8 Å². The van der Waals surface area contributed by atoms with Crippen LogP contribution in [0, 0.1) is 0 Å². The van der Waals surface area contributed by atoms with Crippen LogP contribution in [0.4, 0.5) is 0 Å². The van der Waals surface area contributed by atoms with E-state index in [9.17, 15) is 0 Å². The maximum absolute atomic E-state index is 6.06. The normalized spacial score (nSPS) is 19.6. The van der Waals surface area contributed by atoms with Crippen molar-refractivity contribution in [1.82, 2.24) is 15.2 Å². The van der Waals surface area contributed by atoms with Crippen LogP contribution in [0.25, 0.3) is 0 Å². The van der Waals surface area contributed by atoms with Gasteiger partial charge in [0.15, 0.2) is 0 Å². The van der Waals surface area contributed by atoms with Crippen LogP contribution in [-0.2, 0) is 7.05 Å². The van der Waals surface area contributed by atoms with Crippen molar-refractivity contribution in [2.24, 2.45) is 12.9 Å². The summed E-state index contributed by atoms with van der Waals surface area (Å²) in [7, 11) is 1.91. The molecule has 100 valence electrons. The molecule has 3 rings (SSSR count). The minimum absolute atomic E-state index is 0.0136. The molecule has 2 aromatic rings. The molecular weight excluding hydrogens is 260 g/mol. The number of benzene rings is 1. The number of aryl methyl sites for hydroxylation is 1. The Labute approximate surface area is 116 Å². The Bertz CT molecular complexity index is 571. The van der Waals surface area contributed by atoms with Gasteiger partial charge in [0.1, 0.15) is 17.9 Å². The zero-order valence-corrected chi connectivity index (χ0v) is 11.4. The van der Waals surface area contributed by atoms with E-state index in [0.717, 1.165) is 17.2 Å². The number of thioether (sulfide) groups is 1. The summed E-state index contributed by atoms with van der Waals surface area (Å²) in [5.74, 6) is 7.48. The molecule has 19 heavy (non-hydrogen) atoms. The number of nitrogens with two attached hydrogens (primary N) is 1. The predicted octanol–water partition coefficient (Wildman–Crippen LogP) is 1.48. The lowest BCUT2D eigenvalue weighted by Gasteiger charge is -2.31. The quantitative estimate of drug-likeness (QED) is 0.656. The van der Waals surface area contributed by atoms with Crippen molar-refractivity contribution < 1.29 is 4.74 Å². The van der Waals surface area contributed by atoms with Crippen molar-refractivity contribution in [2.75, 3.05) is 5.75 Å². The van der Waals surface area contributed by atoms with Crippen LogP contribution in [0.1, 0.15) is 11.7 Å². The smallest absolute Gasteiger partial charge is 0.133 e. The van der Waals surface area contributed by atoms with Gasteiger partial charge in [0.2, 0.25) is 0 Å². The average Bonchev–Trinajstić information content (AvgIpc) is 2.86. The van der Waals surface area contributed by atoms with Gasteiger partial charge in [0, 0.05) is 23.9 Å². The average molecular weight is 276 g/mol. The summed E-state index contributed by atoms with van der Waals surface area (Å²) in [6.45, 7) is 0. The molecule has 5 nitrogen and oxygen atoms in total. The SMILES string of the molecule is Cn1nccc1C(NN)C1CSc2ccccc2O1. The van der Waals surface area contributed by atoms with Gasteiger partial charge in [0.05, 0.1) is 5.69 Å². The summed E-state index contributed by atoms with van der Waals surface area (Å²) >= 11 is 1.79. The van der Waals surface area contributed by atoms with E-state index in [2.05, 4.69) is 16.6 Å². The number of rotatable bonds is 3. The predicted molar refractivity (Wildman–Crippen MR) is 74.9 cm³/mol. The third kappa shape index (κ3) is 2.34. The largest absolute Gasteiger partial charge is 0.486 e. The van der Waals surface area contributed by atoms with E-state index in [-0.39, 0.29) is 12.1 Å². The van der Waals surface area contributed by atoms with Gasteiger partial charge in [-0.2, -0.15) is 5.10 Å². The number of aromatic nitrogens is 2. The first kappa shape index (κ1) is 12.5. The molecule has 0 bridgehead atoms. The van der Waals surface area contributed by atoms with Crippen LogP contribution in [0.2, 0.25) is 0 Å².